The number of rotatable bonds is 11. The average molecular weight is 622 g/mol. The lowest BCUT2D eigenvalue weighted by molar-refractivity contribution is -0.158. The highest BCUT2D eigenvalue weighted by Gasteiger charge is 2.38. The van der Waals surface area contributed by atoms with Crippen LogP contribution in [0.5, 0.6) is 5.75 Å². The molecule has 0 spiro atoms. The molecule has 4 heterocycles. The minimum atomic E-state index is -1.39. The van der Waals surface area contributed by atoms with Crippen LogP contribution in [-0.4, -0.2) is 53.6 Å². The van der Waals surface area contributed by atoms with Crippen LogP contribution in [0.3, 0.4) is 0 Å². The molecule has 0 radical (unpaired) electrons. The van der Waals surface area contributed by atoms with Gasteiger partial charge in [0.25, 0.3) is 5.56 Å². The summed E-state index contributed by atoms with van der Waals surface area (Å²) in [4.78, 5) is 55.9. The van der Waals surface area contributed by atoms with Crippen molar-refractivity contribution in [2.45, 2.75) is 84.7 Å². The predicted octanol–water partition coefficient (Wildman–Crippen LogP) is 4.70. The molecule has 1 aromatic carbocycles. The summed E-state index contributed by atoms with van der Waals surface area (Å²) in [7, 11) is 1.56. The van der Waals surface area contributed by atoms with E-state index in [-0.39, 0.29) is 37.0 Å². The van der Waals surface area contributed by atoms with Gasteiger partial charge in [0.2, 0.25) is 6.10 Å². The van der Waals surface area contributed by atoms with Gasteiger partial charge in [-0.25, -0.2) is 14.6 Å². The number of esters is 2. The zero-order valence-corrected chi connectivity index (χ0v) is 26.3. The summed E-state index contributed by atoms with van der Waals surface area (Å²) in [6.45, 7) is 8.03. The maximum absolute atomic E-state index is 13.7. The quantitative estimate of drug-likeness (QED) is 0.108. The molecule has 5 rings (SSSR count). The summed E-state index contributed by atoms with van der Waals surface area (Å²) in [6.07, 6.45) is 0.719. The third-order valence-corrected chi connectivity index (χ3v) is 7.69. The molecule has 240 valence electrons. The first kappa shape index (κ1) is 32.0. The fraction of sp³-hybridized carbons (Fsp3) is 0.485. The maximum atomic E-state index is 13.7. The first-order valence-electron chi connectivity index (χ1n) is 15.2. The number of aryl methyl sites for hydroxylation is 1. The Kier molecular flexibility index (Phi) is 9.42. The number of carbonyl (C=O) groups excluding carboxylic acids is 3. The van der Waals surface area contributed by atoms with Gasteiger partial charge in [-0.15, -0.1) is 0 Å². The van der Waals surface area contributed by atoms with E-state index < -0.39 is 23.8 Å². The number of unbranched alkanes of at least 4 members (excludes halogenated alkanes) is 2. The van der Waals surface area contributed by atoms with Gasteiger partial charge < -0.3 is 33.6 Å². The highest BCUT2D eigenvalue weighted by Crippen LogP contribution is 2.39. The van der Waals surface area contributed by atoms with Crippen LogP contribution in [0.1, 0.15) is 81.7 Å². The number of alkyl carbamates (subject to hydrolysis) is 1. The Morgan fingerprint density at radius 3 is 2.64 bits per heavy atom. The van der Waals surface area contributed by atoms with E-state index >= 15 is 0 Å². The number of fused-ring (bicyclic) bond motifs is 5. The molecule has 1 N–H and O–H groups in total. The zero-order valence-electron chi connectivity index (χ0n) is 26.3. The summed E-state index contributed by atoms with van der Waals surface area (Å²) < 4.78 is 28.4. The number of nitrogens with zero attached hydrogens (tertiary/aromatic N) is 2. The molecule has 2 aliphatic rings. The molecular formula is C33H39N3O9. The first-order chi connectivity index (χ1) is 21.5. The number of amides is 1. The van der Waals surface area contributed by atoms with E-state index in [9.17, 15) is 19.2 Å². The molecule has 2 aromatic heterocycles. The van der Waals surface area contributed by atoms with Crippen LogP contribution >= 0.6 is 0 Å². The van der Waals surface area contributed by atoms with E-state index in [0.717, 1.165) is 22.0 Å². The molecule has 0 unspecified atom stereocenters. The van der Waals surface area contributed by atoms with Crippen molar-refractivity contribution in [1.29, 1.82) is 0 Å². The van der Waals surface area contributed by atoms with Crippen molar-refractivity contribution in [3.05, 3.63) is 56.9 Å². The molecule has 3 aromatic rings. The second kappa shape index (κ2) is 13.3. The van der Waals surface area contributed by atoms with Gasteiger partial charge in [-0.1, -0.05) is 13.3 Å². The second-order valence-corrected chi connectivity index (χ2v) is 12.1. The molecule has 0 fully saturated rings. The van der Waals surface area contributed by atoms with Crippen molar-refractivity contribution in [3.63, 3.8) is 0 Å². The highest BCUT2D eigenvalue weighted by molar-refractivity contribution is 5.89. The Bertz CT molecular complexity index is 1690. The minimum Gasteiger partial charge on any atom is -0.468 e. The van der Waals surface area contributed by atoms with Gasteiger partial charge in [-0.3, -0.25) is 9.59 Å². The Morgan fingerprint density at radius 1 is 1.11 bits per heavy atom. The number of carbonyl (C=O) groups is 3. The number of pyridine rings is 2. The monoisotopic (exact) mass is 621 g/mol. The summed E-state index contributed by atoms with van der Waals surface area (Å²) >= 11 is 0. The molecule has 2 aliphatic heterocycles. The number of hydrogen-bond acceptors (Lipinski definition) is 10. The van der Waals surface area contributed by atoms with Crippen molar-refractivity contribution < 1.29 is 38.1 Å². The Morgan fingerprint density at radius 2 is 1.91 bits per heavy atom. The SMILES string of the molecule is CCc1c2c(nc3ccc(OCOC)cc13)-c1cc3c(c(=O)n1C2)COC(=O)[C@H]3OC(=O)NCCCCCC(=O)OC(C)(C)C. The molecule has 0 saturated carbocycles. The van der Waals surface area contributed by atoms with Crippen molar-refractivity contribution in [3.8, 4) is 17.1 Å². The lowest BCUT2D eigenvalue weighted by atomic mass is 9.97. The van der Waals surface area contributed by atoms with E-state index in [1.54, 1.807) is 17.7 Å². The molecule has 12 nitrogen and oxygen atoms in total. The summed E-state index contributed by atoms with van der Waals surface area (Å²) in [5.74, 6) is -0.356. The van der Waals surface area contributed by atoms with Crippen molar-refractivity contribution >= 4 is 28.9 Å². The molecule has 0 saturated heterocycles. The number of methoxy groups -OCH3 is 1. The number of aromatic nitrogens is 2. The van der Waals surface area contributed by atoms with Gasteiger partial charge in [0.1, 0.15) is 18.0 Å². The number of cyclic esters (lactones) is 1. The predicted molar refractivity (Wildman–Crippen MR) is 164 cm³/mol. The van der Waals surface area contributed by atoms with Gasteiger partial charge in [0, 0.05) is 36.6 Å². The molecule has 12 heteroatoms. The third kappa shape index (κ3) is 6.95. The van der Waals surface area contributed by atoms with Crippen molar-refractivity contribution in [2.24, 2.45) is 0 Å². The minimum absolute atomic E-state index is 0.121. The number of hydrogen-bond donors (Lipinski definition) is 1. The first-order valence-corrected chi connectivity index (χ1v) is 15.2. The van der Waals surface area contributed by atoms with E-state index in [1.807, 2.05) is 45.9 Å². The molecule has 45 heavy (non-hydrogen) atoms. The van der Waals surface area contributed by atoms with Crippen LogP contribution in [0.25, 0.3) is 22.3 Å². The smallest absolute Gasteiger partial charge is 0.408 e. The van der Waals surface area contributed by atoms with E-state index in [1.165, 1.54) is 0 Å². The van der Waals surface area contributed by atoms with Gasteiger partial charge in [-0.05, 0) is 69.9 Å². The lowest BCUT2D eigenvalue weighted by Crippen LogP contribution is -2.36. The largest absolute Gasteiger partial charge is 0.468 e. The van der Waals surface area contributed by atoms with Crippen molar-refractivity contribution in [2.75, 3.05) is 20.4 Å². The molecular weight excluding hydrogens is 582 g/mol. The maximum Gasteiger partial charge on any atom is 0.408 e. The highest BCUT2D eigenvalue weighted by atomic mass is 16.7. The summed E-state index contributed by atoms with van der Waals surface area (Å²) in [5.41, 5.74) is 3.64. The summed E-state index contributed by atoms with van der Waals surface area (Å²) in [6, 6.07) is 7.32. The number of benzene rings is 1. The normalized spacial score (nSPS) is 15.1. The van der Waals surface area contributed by atoms with Gasteiger partial charge >= 0.3 is 18.0 Å². The fourth-order valence-corrected chi connectivity index (χ4v) is 5.71. The Balaban J connectivity index is 1.31. The van der Waals surface area contributed by atoms with Crippen LogP contribution in [0.15, 0.2) is 29.1 Å². The van der Waals surface area contributed by atoms with Crippen LogP contribution in [-0.2, 0) is 48.1 Å². The average Bonchev–Trinajstić information content (AvgIpc) is 3.35. The third-order valence-electron chi connectivity index (χ3n) is 7.69. The zero-order chi connectivity index (χ0) is 32.3. The lowest BCUT2D eigenvalue weighted by Gasteiger charge is -2.25. The van der Waals surface area contributed by atoms with E-state index in [0.29, 0.717) is 61.3 Å². The Labute approximate surface area is 261 Å². The van der Waals surface area contributed by atoms with Crippen LogP contribution in [0.4, 0.5) is 4.79 Å². The molecule has 1 atom stereocenters. The second-order valence-electron chi connectivity index (χ2n) is 12.1. The van der Waals surface area contributed by atoms with Crippen LogP contribution < -0.4 is 15.6 Å². The van der Waals surface area contributed by atoms with Gasteiger partial charge in [0.05, 0.1) is 29.0 Å². The summed E-state index contributed by atoms with van der Waals surface area (Å²) in [5, 5.41) is 3.57. The topological polar surface area (TPSA) is 144 Å². The van der Waals surface area contributed by atoms with Gasteiger partial charge in [-0.2, -0.15) is 0 Å². The molecule has 0 bridgehead atoms. The number of ether oxygens (including phenoxy) is 5. The standard InChI is InChI=1S/C33H39N3O9/c1-6-20-21-14-19(43-18-41-5)11-12-25(21)35-28-23(20)16-36-26(28)15-22-24(30(36)38)17-42-31(39)29(22)44-32(40)34-13-9-7-8-10-27(37)45-33(2,3)4/h11-12,14-15,29H,6-10,13,16-18H2,1-5H3,(H,34,40)/t29-/m0/s1. The van der Waals surface area contributed by atoms with Crippen LogP contribution in [0, 0.1) is 0 Å². The molecule has 1 amide bonds. The van der Waals surface area contributed by atoms with Gasteiger partial charge in [0.15, 0.2) is 6.79 Å². The fourth-order valence-electron chi connectivity index (χ4n) is 5.71. The van der Waals surface area contributed by atoms with E-state index in [4.69, 9.17) is 28.7 Å². The van der Waals surface area contributed by atoms with Crippen molar-refractivity contribution in [1.82, 2.24) is 14.9 Å². The Hall–Kier alpha value is -4.45. The molecule has 0 aliphatic carbocycles. The van der Waals surface area contributed by atoms with Crippen LogP contribution in [0.2, 0.25) is 0 Å². The number of nitrogens with one attached hydrogen (secondary N) is 1. The van der Waals surface area contributed by atoms with E-state index in [2.05, 4.69) is 5.32 Å².